The van der Waals surface area contributed by atoms with Gasteiger partial charge in [-0.3, -0.25) is 9.59 Å². The topological polar surface area (TPSA) is 93.2 Å². The van der Waals surface area contributed by atoms with Gasteiger partial charge in [0.1, 0.15) is 5.75 Å². The molecule has 0 atom stereocenters. The van der Waals surface area contributed by atoms with Crippen molar-refractivity contribution in [3.63, 3.8) is 0 Å². The Morgan fingerprint density at radius 2 is 1.48 bits per heavy atom. The molecule has 0 fully saturated rings. The molecule has 0 aliphatic rings. The predicted octanol–water partition coefficient (Wildman–Crippen LogP) is 2.28. The minimum atomic E-state index is -0.385. The molecule has 0 radical (unpaired) electrons. The molecule has 0 saturated carbocycles. The third kappa shape index (κ3) is 5.64. The van der Waals surface area contributed by atoms with Gasteiger partial charge in [0.05, 0.1) is 24.6 Å². The van der Waals surface area contributed by atoms with Crippen LogP contribution in [0.15, 0.2) is 73.1 Å². The summed E-state index contributed by atoms with van der Waals surface area (Å²) in [5.74, 6) is 0.400. The number of nitrogens with one attached hydrogen (secondary N) is 2. The number of hydrogen-bond acceptors (Lipinski definition) is 5. The maximum atomic E-state index is 11.9. The van der Waals surface area contributed by atoms with E-state index in [0.29, 0.717) is 17.3 Å². The maximum absolute atomic E-state index is 11.9. The lowest BCUT2D eigenvalue weighted by Crippen LogP contribution is -2.35. The van der Waals surface area contributed by atoms with Crippen LogP contribution in [-0.2, 0) is 9.59 Å². The number of ether oxygens (including phenoxy) is 1. The van der Waals surface area contributed by atoms with E-state index in [4.69, 9.17) is 4.74 Å². The monoisotopic (exact) mass is 362 g/mol. The van der Waals surface area contributed by atoms with Crippen molar-refractivity contribution in [2.75, 3.05) is 18.5 Å². The van der Waals surface area contributed by atoms with Crippen molar-refractivity contribution < 1.29 is 14.3 Å². The summed E-state index contributed by atoms with van der Waals surface area (Å²) in [7, 11) is 0. The molecule has 136 valence electrons. The largest absolute Gasteiger partial charge is 0.484 e. The summed E-state index contributed by atoms with van der Waals surface area (Å²) in [5, 5.41) is 5.12. The first-order valence-corrected chi connectivity index (χ1v) is 8.32. The minimum Gasteiger partial charge on any atom is -0.484 e. The average molecular weight is 362 g/mol. The van der Waals surface area contributed by atoms with E-state index in [1.165, 1.54) is 12.4 Å². The predicted molar refractivity (Wildman–Crippen MR) is 101 cm³/mol. The molecular formula is C20H18N4O3. The molecule has 0 unspecified atom stereocenters. The van der Waals surface area contributed by atoms with Crippen LogP contribution in [-0.4, -0.2) is 34.9 Å². The van der Waals surface area contributed by atoms with Crippen LogP contribution in [0.3, 0.4) is 0 Å². The van der Waals surface area contributed by atoms with Crippen LogP contribution in [0.5, 0.6) is 5.75 Å². The Labute approximate surface area is 156 Å². The molecule has 0 aliphatic carbocycles. The van der Waals surface area contributed by atoms with E-state index in [0.717, 1.165) is 5.56 Å². The van der Waals surface area contributed by atoms with Crippen LogP contribution >= 0.6 is 0 Å². The van der Waals surface area contributed by atoms with Gasteiger partial charge in [0, 0.05) is 5.56 Å². The van der Waals surface area contributed by atoms with E-state index in [-0.39, 0.29) is 25.0 Å². The van der Waals surface area contributed by atoms with Gasteiger partial charge < -0.3 is 15.4 Å². The number of benzene rings is 2. The van der Waals surface area contributed by atoms with Crippen molar-refractivity contribution in [1.82, 2.24) is 15.3 Å². The number of rotatable bonds is 7. The van der Waals surface area contributed by atoms with Gasteiger partial charge in [-0.25, -0.2) is 9.97 Å². The SMILES string of the molecule is O=C(COc1ccccc1)NCC(=O)Nc1cnc(-c2ccccc2)nc1. The molecule has 2 N–H and O–H groups in total. The Hall–Kier alpha value is -3.74. The molecule has 7 nitrogen and oxygen atoms in total. The summed E-state index contributed by atoms with van der Waals surface area (Å²) >= 11 is 0. The Balaban J connectivity index is 1.43. The second kappa shape index (κ2) is 9.10. The molecule has 2 amide bonds. The number of carbonyl (C=O) groups is 2. The highest BCUT2D eigenvalue weighted by molar-refractivity contribution is 5.94. The number of anilines is 1. The molecule has 2 aromatic carbocycles. The van der Waals surface area contributed by atoms with Gasteiger partial charge in [-0.05, 0) is 12.1 Å². The van der Waals surface area contributed by atoms with Crippen LogP contribution in [0.1, 0.15) is 0 Å². The molecule has 1 heterocycles. The van der Waals surface area contributed by atoms with Gasteiger partial charge >= 0.3 is 0 Å². The standard InChI is InChI=1S/C20H18N4O3/c25-18(13-21-19(26)14-27-17-9-5-2-6-10-17)24-16-11-22-20(23-12-16)15-7-3-1-4-8-15/h1-12H,13-14H2,(H,21,26)(H,24,25). The molecule has 0 spiro atoms. The van der Waals surface area contributed by atoms with E-state index < -0.39 is 0 Å². The molecule has 0 saturated heterocycles. The zero-order valence-electron chi connectivity index (χ0n) is 14.5. The summed E-state index contributed by atoms with van der Waals surface area (Å²) in [6, 6.07) is 18.5. The van der Waals surface area contributed by atoms with Gasteiger partial charge in [-0.2, -0.15) is 0 Å². The first-order valence-electron chi connectivity index (χ1n) is 8.32. The number of carbonyl (C=O) groups excluding carboxylic acids is 2. The normalized spacial score (nSPS) is 10.1. The van der Waals surface area contributed by atoms with Gasteiger partial charge in [0.15, 0.2) is 12.4 Å². The molecule has 1 aromatic heterocycles. The van der Waals surface area contributed by atoms with Gasteiger partial charge in [0.25, 0.3) is 5.91 Å². The van der Waals surface area contributed by atoms with E-state index in [2.05, 4.69) is 20.6 Å². The Morgan fingerprint density at radius 3 is 2.15 bits per heavy atom. The zero-order chi connectivity index (χ0) is 18.9. The minimum absolute atomic E-state index is 0.161. The van der Waals surface area contributed by atoms with E-state index >= 15 is 0 Å². The number of aromatic nitrogens is 2. The summed E-state index contributed by atoms with van der Waals surface area (Å²) in [6.07, 6.45) is 3.04. The van der Waals surface area contributed by atoms with Crippen molar-refractivity contribution in [3.05, 3.63) is 73.1 Å². The summed E-state index contributed by atoms with van der Waals surface area (Å²) < 4.78 is 5.31. The Bertz CT molecular complexity index is 884. The molecule has 7 heteroatoms. The molecule has 27 heavy (non-hydrogen) atoms. The van der Waals surface area contributed by atoms with Crippen molar-refractivity contribution >= 4 is 17.5 Å². The number of nitrogens with zero attached hydrogens (tertiary/aromatic N) is 2. The number of amides is 2. The van der Waals surface area contributed by atoms with Gasteiger partial charge in [-0.1, -0.05) is 48.5 Å². The second-order valence-corrected chi connectivity index (χ2v) is 5.59. The summed E-state index contributed by atoms with van der Waals surface area (Å²) in [5.41, 5.74) is 1.34. The Kier molecular flexibility index (Phi) is 6.08. The fourth-order valence-corrected chi connectivity index (χ4v) is 2.23. The third-order valence-electron chi connectivity index (χ3n) is 3.53. The quantitative estimate of drug-likeness (QED) is 0.673. The number of hydrogen-bond donors (Lipinski definition) is 2. The molecule has 3 aromatic rings. The lowest BCUT2D eigenvalue weighted by atomic mass is 10.2. The third-order valence-corrected chi connectivity index (χ3v) is 3.53. The van der Waals surface area contributed by atoms with Crippen LogP contribution in [0.25, 0.3) is 11.4 Å². The highest BCUT2D eigenvalue weighted by Crippen LogP contribution is 2.14. The fraction of sp³-hybridized carbons (Fsp3) is 0.100. The van der Waals surface area contributed by atoms with Crippen LogP contribution in [0, 0.1) is 0 Å². The zero-order valence-corrected chi connectivity index (χ0v) is 14.5. The fourth-order valence-electron chi connectivity index (χ4n) is 2.23. The molecular weight excluding hydrogens is 344 g/mol. The van der Waals surface area contributed by atoms with Crippen molar-refractivity contribution in [1.29, 1.82) is 0 Å². The maximum Gasteiger partial charge on any atom is 0.258 e. The lowest BCUT2D eigenvalue weighted by Gasteiger charge is -2.08. The smallest absolute Gasteiger partial charge is 0.258 e. The second-order valence-electron chi connectivity index (χ2n) is 5.59. The van der Waals surface area contributed by atoms with Crippen molar-refractivity contribution in [2.45, 2.75) is 0 Å². The Morgan fingerprint density at radius 1 is 0.852 bits per heavy atom. The highest BCUT2D eigenvalue weighted by Gasteiger charge is 2.08. The first kappa shape index (κ1) is 18.1. The van der Waals surface area contributed by atoms with Crippen LogP contribution in [0.4, 0.5) is 5.69 Å². The summed E-state index contributed by atoms with van der Waals surface area (Å²) in [6.45, 7) is -0.330. The van der Waals surface area contributed by atoms with E-state index in [1.807, 2.05) is 48.5 Å². The van der Waals surface area contributed by atoms with E-state index in [9.17, 15) is 9.59 Å². The van der Waals surface area contributed by atoms with Crippen molar-refractivity contribution in [2.24, 2.45) is 0 Å². The lowest BCUT2D eigenvalue weighted by molar-refractivity contribution is -0.125. The van der Waals surface area contributed by atoms with Crippen molar-refractivity contribution in [3.8, 4) is 17.1 Å². The molecule has 0 aliphatic heterocycles. The summed E-state index contributed by atoms with van der Waals surface area (Å²) in [4.78, 5) is 32.1. The van der Waals surface area contributed by atoms with Crippen LogP contribution < -0.4 is 15.4 Å². The molecule has 0 bridgehead atoms. The molecule has 3 rings (SSSR count). The highest BCUT2D eigenvalue weighted by atomic mass is 16.5. The average Bonchev–Trinajstić information content (AvgIpc) is 2.73. The number of para-hydroxylation sites is 1. The van der Waals surface area contributed by atoms with Crippen LogP contribution in [0.2, 0.25) is 0 Å². The first-order chi connectivity index (χ1) is 13.2. The van der Waals surface area contributed by atoms with E-state index in [1.54, 1.807) is 12.1 Å². The van der Waals surface area contributed by atoms with Gasteiger partial charge in [0.2, 0.25) is 5.91 Å². The van der Waals surface area contributed by atoms with Gasteiger partial charge in [-0.15, -0.1) is 0 Å².